The lowest BCUT2D eigenvalue weighted by molar-refractivity contribution is -0.662. The Balaban J connectivity index is 0.000000413. The van der Waals surface area contributed by atoms with Gasteiger partial charge in [0.15, 0.2) is 0 Å². The number of rotatable bonds is 6. The number of carbonyl (C=O) groups excluding carboxylic acids is 1. The number of amides is 1. The van der Waals surface area contributed by atoms with Gasteiger partial charge in [-0.15, -0.1) is 12.4 Å². The second-order valence-electron chi connectivity index (χ2n) is 10.5. The first-order chi connectivity index (χ1) is 18.5. The Bertz CT molecular complexity index is 1100. The highest BCUT2D eigenvalue weighted by Crippen LogP contribution is 2.19. The van der Waals surface area contributed by atoms with Gasteiger partial charge in [-0.25, -0.2) is 14.8 Å². The number of aromatic nitrogens is 2. The molecule has 0 aliphatic carbocycles. The van der Waals surface area contributed by atoms with Crippen LogP contribution in [0.5, 0.6) is 0 Å². The first-order valence-electron chi connectivity index (χ1n) is 13.0. The number of piperidine rings is 2. The van der Waals surface area contributed by atoms with Gasteiger partial charge in [0.2, 0.25) is 0 Å². The fraction of sp³-hybridized carbons (Fsp3) is 0.560. The van der Waals surface area contributed by atoms with Gasteiger partial charge in [0.1, 0.15) is 29.6 Å². The molecule has 0 radical (unpaired) electrons. The maximum absolute atomic E-state index is 12.0. The molecule has 2 aromatic rings. The number of quaternary nitrogens is 1. The highest BCUT2D eigenvalue weighted by Gasteiger charge is 2.27. The third-order valence-electron chi connectivity index (χ3n) is 6.21. The average Bonchev–Trinajstić information content (AvgIpc) is 2.90. The van der Waals surface area contributed by atoms with E-state index in [0.29, 0.717) is 24.9 Å². The van der Waals surface area contributed by atoms with E-state index >= 15 is 0 Å². The molecule has 0 aromatic carbocycles. The molecule has 2 aromatic heterocycles. The summed E-state index contributed by atoms with van der Waals surface area (Å²) in [4.78, 5) is 41.9. The van der Waals surface area contributed by atoms with Gasteiger partial charge in [0.25, 0.3) is 11.4 Å². The molecule has 1 amide bonds. The van der Waals surface area contributed by atoms with Crippen LogP contribution in [0.15, 0.2) is 36.7 Å². The van der Waals surface area contributed by atoms with Gasteiger partial charge in [0, 0.05) is 50.1 Å². The number of halogens is 2. The quantitative estimate of drug-likeness (QED) is 0.302. The standard InChI is InChI=1S/C15H22N4O4.C10H14N4O2.2ClH/c1-15(2,3)23-14(20)18-8-6-11(7-9-18)17-13-5-4-12(10-16-13)19(21)22;15-14(16)9-1-2-10(12-7-9)13-8-3-5-11-6-4-8;;/h4-5,10-11H,6-9H2,1-3H3,(H,16,17);1-2,7-8,11H,3-6H2,(H,12,13);2*1H. The molecule has 0 atom stereocenters. The maximum Gasteiger partial charge on any atom is 0.410 e. The molecule has 2 saturated heterocycles. The zero-order chi connectivity index (χ0) is 28.4. The summed E-state index contributed by atoms with van der Waals surface area (Å²) in [5.41, 5.74) is -0.493. The molecule has 228 valence electrons. The summed E-state index contributed by atoms with van der Waals surface area (Å²) in [6, 6.07) is 6.78. The summed E-state index contributed by atoms with van der Waals surface area (Å²) in [6.07, 6.45) is 6.01. The predicted octanol–water partition coefficient (Wildman–Crippen LogP) is 0.355. The van der Waals surface area contributed by atoms with Crippen LogP contribution in [0.4, 0.5) is 27.8 Å². The van der Waals surface area contributed by atoms with Gasteiger partial charge < -0.3 is 38.0 Å². The molecule has 0 unspecified atom stereocenters. The van der Waals surface area contributed by atoms with E-state index in [1.54, 1.807) is 17.0 Å². The normalized spacial score (nSPS) is 15.6. The highest BCUT2D eigenvalue weighted by molar-refractivity contribution is 5.85. The van der Waals surface area contributed by atoms with Crippen molar-refractivity contribution in [2.24, 2.45) is 0 Å². The molecule has 14 nitrogen and oxygen atoms in total. The summed E-state index contributed by atoms with van der Waals surface area (Å²) >= 11 is 0. The lowest BCUT2D eigenvalue weighted by atomic mass is 10.1. The van der Waals surface area contributed by atoms with E-state index in [2.05, 4.69) is 25.9 Å². The van der Waals surface area contributed by atoms with Crippen LogP contribution >= 0.6 is 12.4 Å². The summed E-state index contributed by atoms with van der Waals surface area (Å²) in [5, 5.41) is 29.9. The Kier molecular flexibility index (Phi) is 14.5. The monoisotopic (exact) mass is 616 g/mol. The molecule has 41 heavy (non-hydrogen) atoms. The summed E-state index contributed by atoms with van der Waals surface area (Å²) < 4.78 is 5.36. The van der Waals surface area contributed by atoms with Gasteiger partial charge in [-0.2, -0.15) is 0 Å². The van der Waals surface area contributed by atoms with Crippen LogP contribution in [-0.2, 0) is 4.74 Å². The van der Waals surface area contributed by atoms with Crippen LogP contribution in [0.2, 0.25) is 0 Å². The number of pyridine rings is 2. The zero-order valence-corrected chi connectivity index (χ0v) is 24.9. The number of ether oxygens (including phenoxy) is 1. The van der Waals surface area contributed by atoms with Gasteiger partial charge >= 0.3 is 6.09 Å². The van der Waals surface area contributed by atoms with E-state index in [-0.39, 0.29) is 48.3 Å². The minimum atomic E-state index is -0.491. The molecular weight excluding hydrogens is 579 g/mol. The molecule has 0 spiro atoms. The van der Waals surface area contributed by atoms with Crippen LogP contribution in [0.3, 0.4) is 0 Å². The van der Waals surface area contributed by atoms with Crippen molar-refractivity contribution < 1.29 is 37.1 Å². The Labute approximate surface area is 251 Å². The minimum absolute atomic E-state index is 0. The third kappa shape index (κ3) is 12.3. The number of hydrogen-bond donors (Lipinski definition) is 3. The number of carbonyl (C=O) groups is 1. The van der Waals surface area contributed by atoms with Crippen molar-refractivity contribution in [2.75, 3.05) is 36.8 Å². The van der Waals surface area contributed by atoms with Crippen LogP contribution < -0.4 is 28.4 Å². The number of likely N-dealkylation sites (tertiary alicyclic amines) is 1. The molecule has 2 aliphatic heterocycles. The van der Waals surface area contributed by atoms with Crippen molar-refractivity contribution in [1.82, 2.24) is 14.9 Å². The van der Waals surface area contributed by atoms with E-state index in [9.17, 15) is 25.0 Å². The Morgan fingerprint density at radius 2 is 1.34 bits per heavy atom. The van der Waals surface area contributed by atoms with Gasteiger partial charge in [-0.05, 0) is 45.7 Å². The maximum atomic E-state index is 12.0. The van der Waals surface area contributed by atoms with E-state index in [0.717, 1.165) is 44.6 Å². The van der Waals surface area contributed by atoms with Gasteiger partial charge in [-0.1, -0.05) is 0 Å². The highest BCUT2D eigenvalue weighted by atomic mass is 35.5. The molecule has 0 saturated carbocycles. The molecule has 0 bridgehead atoms. The van der Waals surface area contributed by atoms with E-state index in [1.807, 2.05) is 20.8 Å². The van der Waals surface area contributed by atoms with Crippen molar-refractivity contribution >= 4 is 41.5 Å². The number of nitrogens with zero attached hydrogens (tertiary/aromatic N) is 5. The zero-order valence-electron chi connectivity index (χ0n) is 23.3. The molecule has 2 aliphatic rings. The Morgan fingerprint density at radius 1 is 0.902 bits per heavy atom. The largest absolute Gasteiger partial charge is 1.00 e. The number of anilines is 2. The second-order valence-corrected chi connectivity index (χ2v) is 10.5. The van der Waals surface area contributed by atoms with E-state index in [4.69, 9.17) is 4.74 Å². The number of nitro groups is 2. The van der Waals surface area contributed by atoms with E-state index < -0.39 is 15.4 Å². The fourth-order valence-corrected chi connectivity index (χ4v) is 4.18. The van der Waals surface area contributed by atoms with Crippen molar-refractivity contribution in [3.8, 4) is 0 Å². The average molecular weight is 618 g/mol. The molecule has 16 heteroatoms. The van der Waals surface area contributed by atoms with Gasteiger partial charge in [0.05, 0.1) is 22.9 Å². The summed E-state index contributed by atoms with van der Waals surface area (Å²) in [7, 11) is 0. The fourth-order valence-electron chi connectivity index (χ4n) is 4.18. The van der Waals surface area contributed by atoms with Crippen LogP contribution in [-0.4, -0.2) is 74.7 Å². The Hall–Kier alpha value is -3.49. The second kappa shape index (κ2) is 16.7. The lowest BCUT2D eigenvalue weighted by Gasteiger charge is -2.33. The van der Waals surface area contributed by atoms with Crippen molar-refractivity contribution in [1.29, 1.82) is 0 Å². The number of hydrogen-bond acceptors (Lipinski definition) is 10. The van der Waals surface area contributed by atoms with Crippen molar-refractivity contribution in [3.63, 3.8) is 0 Å². The first-order valence-corrected chi connectivity index (χ1v) is 13.0. The SMILES string of the molecule is CC(C)(C)OC(=O)N1CCC(Nc2ccc([N+](=O)[O-])cn2)CC1.Cl.O=[N+]([O-])c1ccc(NC2CC[NH2+]CC2)nc1.[Cl-]. The topological polar surface area (TPSA) is 182 Å². The minimum Gasteiger partial charge on any atom is -1.00 e. The molecule has 2 fully saturated rings. The third-order valence-corrected chi connectivity index (χ3v) is 6.21. The van der Waals surface area contributed by atoms with Crippen molar-refractivity contribution in [2.45, 2.75) is 64.1 Å². The van der Waals surface area contributed by atoms with Crippen LogP contribution in [0.25, 0.3) is 0 Å². The molecule has 4 rings (SSSR count). The molecule has 4 N–H and O–H groups in total. The van der Waals surface area contributed by atoms with Crippen LogP contribution in [0.1, 0.15) is 46.5 Å². The molecule has 4 heterocycles. The van der Waals surface area contributed by atoms with Crippen molar-refractivity contribution in [3.05, 3.63) is 56.9 Å². The van der Waals surface area contributed by atoms with E-state index in [1.165, 1.54) is 24.5 Å². The van der Waals surface area contributed by atoms with Gasteiger partial charge in [-0.3, -0.25) is 20.2 Å². The first kappa shape index (κ1) is 35.5. The predicted molar refractivity (Wildman–Crippen MR) is 152 cm³/mol. The smallest absolute Gasteiger partial charge is 0.410 e. The summed E-state index contributed by atoms with van der Waals surface area (Å²) in [6.45, 7) is 9.02. The lowest BCUT2D eigenvalue weighted by Crippen LogP contribution is -3.00. The number of nitrogens with one attached hydrogen (secondary N) is 2. The Morgan fingerprint density at radius 3 is 1.71 bits per heavy atom. The van der Waals surface area contributed by atoms with Crippen LogP contribution in [0, 0.1) is 20.2 Å². The summed E-state index contributed by atoms with van der Waals surface area (Å²) in [5.74, 6) is 1.32. The molecular formula is C25H38Cl2N8O6. The number of nitrogens with two attached hydrogens (primary N) is 1.